The number of aromatic nitrogens is 4. The minimum Gasteiger partial charge on any atom is -0.377 e. The van der Waals surface area contributed by atoms with Crippen LogP contribution in [0.1, 0.15) is 22.5 Å². The highest BCUT2D eigenvalue weighted by Gasteiger charge is 2.45. The van der Waals surface area contributed by atoms with Gasteiger partial charge < -0.3 is 5.11 Å². The van der Waals surface area contributed by atoms with Crippen molar-refractivity contribution in [2.24, 2.45) is 10.1 Å². The van der Waals surface area contributed by atoms with E-state index in [0.29, 0.717) is 16.8 Å². The third kappa shape index (κ3) is 5.28. The van der Waals surface area contributed by atoms with Gasteiger partial charge in [0.1, 0.15) is 12.3 Å². The molecule has 3 N–H and O–H groups in total. The molecule has 3 aromatic carbocycles. The van der Waals surface area contributed by atoms with Gasteiger partial charge in [0, 0.05) is 10.6 Å². The van der Waals surface area contributed by atoms with E-state index in [1.54, 1.807) is 18.2 Å². The lowest BCUT2D eigenvalue weighted by Crippen LogP contribution is -2.45. The van der Waals surface area contributed by atoms with E-state index in [4.69, 9.17) is 11.6 Å². The summed E-state index contributed by atoms with van der Waals surface area (Å²) in [5.74, 6) is 0.107. The fourth-order valence-corrected chi connectivity index (χ4v) is 5.30. The van der Waals surface area contributed by atoms with Crippen LogP contribution in [0.5, 0.6) is 0 Å². The number of benzene rings is 3. The van der Waals surface area contributed by atoms with Gasteiger partial charge in [0.25, 0.3) is 10.0 Å². The molecular weight excluding hydrogens is 528 g/mol. The molecule has 13 heteroatoms. The highest BCUT2D eigenvalue weighted by Crippen LogP contribution is 2.33. The van der Waals surface area contributed by atoms with Crippen molar-refractivity contribution >= 4 is 33.3 Å². The lowest BCUT2D eigenvalue weighted by atomic mass is 9.86. The Hall–Kier alpha value is -4.13. The topological polar surface area (TPSA) is 149 Å². The molecule has 0 saturated heterocycles. The third-order valence-corrected chi connectivity index (χ3v) is 7.46. The number of aryl methyl sites for hydroxylation is 1. The van der Waals surface area contributed by atoms with Crippen LogP contribution in [0.15, 0.2) is 93.9 Å². The Kier molecular flexibility index (Phi) is 6.93. The van der Waals surface area contributed by atoms with E-state index >= 15 is 0 Å². The Bertz CT molecular complexity index is 1590. The molecule has 11 nitrogen and oxygen atoms in total. The van der Waals surface area contributed by atoms with Crippen molar-refractivity contribution in [3.63, 3.8) is 0 Å². The first-order chi connectivity index (χ1) is 18.2. The molecule has 38 heavy (non-hydrogen) atoms. The van der Waals surface area contributed by atoms with Crippen LogP contribution in [0.3, 0.4) is 0 Å². The van der Waals surface area contributed by atoms with Crippen LogP contribution in [0.4, 0.5) is 0 Å². The van der Waals surface area contributed by atoms with Crippen LogP contribution in [0.2, 0.25) is 5.02 Å². The summed E-state index contributed by atoms with van der Waals surface area (Å²) in [7, 11) is -4.12. The van der Waals surface area contributed by atoms with Crippen LogP contribution < -0.4 is 4.72 Å². The molecule has 0 spiro atoms. The number of sulfonamides is 1. The Morgan fingerprint density at radius 2 is 1.89 bits per heavy atom. The van der Waals surface area contributed by atoms with E-state index in [-0.39, 0.29) is 34.8 Å². The number of aliphatic hydroxyl groups is 1. The summed E-state index contributed by atoms with van der Waals surface area (Å²) in [4.78, 5) is 4.34. The number of nitrogens with one attached hydrogen (secondary N) is 2. The normalized spacial score (nSPS) is 17.9. The number of halogens is 1. The fourth-order valence-electron chi connectivity index (χ4n) is 3.98. The summed E-state index contributed by atoms with van der Waals surface area (Å²) in [5, 5.41) is 31.9. The molecule has 0 bridgehead atoms. The molecule has 0 amide bonds. The van der Waals surface area contributed by atoms with Crippen LogP contribution in [0, 0.1) is 6.92 Å². The van der Waals surface area contributed by atoms with Crippen molar-refractivity contribution in [1.82, 2.24) is 30.4 Å². The zero-order valence-corrected chi connectivity index (χ0v) is 21.7. The summed E-state index contributed by atoms with van der Waals surface area (Å²) >= 11 is 6.03. The van der Waals surface area contributed by atoms with Gasteiger partial charge in [-0.3, -0.25) is 0 Å². The van der Waals surface area contributed by atoms with E-state index < -0.39 is 15.6 Å². The number of hydrazone groups is 1. The summed E-state index contributed by atoms with van der Waals surface area (Å²) in [5.41, 5.74) is 1.10. The minimum absolute atomic E-state index is 0.0579. The number of H-pyrrole nitrogens is 1. The maximum atomic E-state index is 13.3. The predicted molar refractivity (Wildman–Crippen MR) is 142 cm³/mol. The van der Waals surface area contributed by atoms with Gasteiger partial charge in [0.15, 0.2) is 11.4 Å². The lowest BCUT2D eigenvalue weighted by molar-refractivity contribution is 0.103. The predicted octanol–water partition coefficient (Wildman–Crippen LogP) is 2.60. The van der Waals surface area contributed by atoms with Crippen molar-refractivity contribution in [3.8, 4) is 0 Å². The number of hydrogen-bond donors (Lipinski definition) is 3. The highest BCUT2D eigenvalue weighted by atomic mass is 35.5. The Morgan fingerprint density at radius 3 is 2.58 bits per heavy atom. The van der Waals surface area contributed by atoms with E-state index in [0.717, 1.165) is 5.56 Å². The SMILES string of the molecule is Cc1ccc(C2=NN(C(=NCc3nn[nH]n3)NS(=O)(=O)c3cccc(Cl)c3)CC2(O)c2ccccc2)cc1. The number of β-amino-alcohol motifs (C(OH)–C–C–N with tert-alkyl or cyclic N) is 1. The average Bonchev–Trinajstić information content (AvgIpc) is 3.56. The summed E-state index contributed by atoms with van der Waals surface area (Å²) < 4.78 is 29.1. The molecule has 194 valence electrons. The largest absolute Gasteiger partial charge is 0.377 e. The summed E-state index contributed by atoms with van der Waals surface area (Å²) in [6.07, 6.45) is 0. The molecule has 1 unspecified atom stereocenters. The molecule has 1 atom stereocenters. The van der Waals surface area contributed by atoms with Crippen molar-refractivity contribution < 1.29 is 13.5 Å². The molecule has 2 heterocycles. The number of hydrogen-bond acceptors (Lipinski definition) is 8. The van der Waals surface area contributed by atoms with Gasteiger partial charge in [0.2, 0.25) is 5.96 Å². The van der Waals surface area contributed by atoms with Gasteiger partial charge >= 0.3 is 0 Å². The van der Waals surface area contributed by atoms with Gasteiger partial charge in [-0.2, -0.15) is 10.3 Å². The molecule has 1 aromatic heterocycles. The van der Waals surface area contributed by atoms with E-state index in [1.165, 1.54) is 23.2 Å². The van der Waals surface area contributed by atoms with E-state index in [2.05, 4.69) is 35.4 Å². The van der Waals surface area contributed by atoms with Crippen molar-refractivity contribution in [2.45, 2.75) is 24.0 Å². The molecule has 0 radical (unpaired) electrons. The third-order valence-electron chi connectivity index (χ3n) is 5.90. The molecule has 1 aliphatic heterocycles. The maximum Gasteiger partial charge on any atom is 0.264 e. The number of rotatable bonds is 6. The first-order valence-electron chi connectivity index (χ1n) is 11.5. The van der Waals surface area contributed by atoms with Crippen LogP contribution in [0.25, 0.3) is 0 Å². The number of tetrazole rings is 1. The minimum atomic E-state index is -4.12. The Morgan fingerprint density at radius 1 is 1.13 bits per heavy atom. The number of nitrogens with zero attached hydrogens (tertiary/aromatic N) is 6. The number of aromatic amines is 1. The van der Waals surface area contributed by atoms with Crippen molar-refractivity contribution in [3.05, 3.63) is 106 Å². The standard InChI is InChI=1S/C25H23ClN8O3S/c1-17-10-12-18(13-11-17)23-25(35,19-6-3-2-4-7-19)16-34(30-23)24(27-15-22-28-32-33-29-22)31-38(36,37)21-9-5-8-20(26)14-21/h2-14,35H,15-16H2,1H3,(H,27,31)(H,28,29,32,33). The summed E-state index contributed by atoms with van der Waals surface area (Å²) in [6.45, 7) is 1.76. The zero-order valence-electron chi connectivity index (χ0n) is 20.2. The maximum absolute atomic E-state index is 13.3. The Labute approximate surface area is 223 Å². The molecule has 0 saturated carbocycles. The summed E-state index contributed by atoms with van der Waals surface area (Å²) in [6, 6.07) is 22.5. The lowest BCUT2D eigenvalue weighted by Gasteiger charge is -2.26. The van der Waals surface area contributed by atoms with Gasteiger partial charge in [-0.25, -0.2) is 23.1 Å². The smallest absolute Gasteiger partial charge is 0.264 e. The quantitative estimate of drug-likeness (QED) is 0.247. The molecule has 5 rings (SSSR count). The van der Waals surface area contributed by atoms with E-state index in [1.807, 2.05) is 49.4 Å². The molecule has 0 fully saturated rings. The average molecular weight is 551 g/mol. The Balaban J connectivity index is 1.58. The van der Waals surface area contributed by atoms with Crippen LogP contribution >= 0.6 is 11.6 Å². The second-order valence-corrected chi connectivity index (χ2v) is 10.7. The first kappa shape index (κ1) is 25.5. The second kappa shape index (κ2) is 10.3. The second-order valence-electron chi connectivity index (χ2n) is 8.63. The van der Waals surface area contributed by atoms with Crippen LogP contribution in [-0.4, -0.2) is 57.4 Å². The molecule has 0 aliphatic carbocycles. The van der Waals surface area contributed by atoms with Crippen molar-refractivity contribution in [2.75, 3.05) is 6.54 Å². The van der Waals surface area contributed by atoms with Gasteiger partial charge in [-0.1, -0.05) is 83.0 Å². The van der Waals surface area contributed by atoms with Crippen molar-refractivity contribution in [1.29, 1.82) is 0 Å². The van der Waals surface area contributed by atoms with Gasteiger partial charge in [-0.05, 0) is 30.7 Å². The molecule has 1 aliphatic rings. The van der Waals surface area contributed by atoms with Crippen LogP contribution in [-0.2, 0) is 22.2 Å². The molecular formula is C25H23ClN8O3S. The highest BCUT2D eigenvalue weighted by molar-refractivity contribution is 7.90. The number of aliphatic imine (C=N–C) groups is 1. The van der Waals surface area contributed by atoms with Gasteiger partial charge in [0.05, 0.1) is 11.4 Å². The molecule has 4 aromatic rings. The van der Waals surface area contributed by atoms with Gasteiger partial charge in [-0.15, -0.1) is 10.2 Å². The number of guanidine groups is 1. The fraction of sp³-hybridized carbons (Fsp3) is 0.160. The monoisotopic (exact) mass is 550 g/mol. The zero-order chi connectivity index (χ0) is 26.8. The first-order valence-corrected chi connectivity index (χ1v) is 13.4. The van der Waals surface area contributed by atoms with E-state index in [9.17, 15) is 13.5 Å².